The van der Waals surface area contributed by atoms with Gasteiger partial charge in [0.1, 0.15) is 6.04 Å². The fraction of sp³-hybridized carbons (Fsp3) is 0.273. The Morgan fingerprint density at radius 1 is 1.44 bits per heavy atom. The number of aryl methyl sites for hydroxylation is 1. The van der Waals surface area contributed by atoms with Gasteiger partial charge in [-0.2, -0.15) is 0 Å². The molecule has 1 amide bonds. The van der Waals surface area contributed by atoms with Crippen LogP contribution in [-0.2, 0) is 4.79 Å². The highest BCUT2D eigenvalue weighted by Gasteiger charge is 2.17. The van der Waals surface area contributed by atoms with Crippen LogP contribution in [0.3, 0.4) is 0 Å². The van der Waals surface area contributed by atoms with E-state index in [-0.39, 0.29) is 0 Å². The van der Waals surface area contributed by atoms with Gasteiger partial charge in [0.25, 0.3) is 5.91 Å². The molecule has 0 saturated carbocycles. The Morgan fingerprint density at radius 2 is 2.06 bits per heavy atom. The number of hydrogen-bond donors (Lipinski definition) is 2. The molecule has 1 rings (SSSR count). The van der Waals surface area contributed by atoms with Crippen molar-refractivity contribution in [2.24, 2.45) is 0 Å². The van der Waals surface area contributed by atoms with E-state index in [4.69, 9.17) is 5.11 Å². The quantitative estimate of drug-likeness (QED) is 0.892. The van der Waals surface area contributed by atoms with Crippen molar-refractivity contribution < 1.29 is 14.7 Å². The Kier molecular flexibility index (Phi) is 4.06. The summed E-state index contributed by atoms with van der Waals surface area (Å²) in [5, 5.41) is 11.1. The first-order chi connectivity index (χ1) is 7.43. The minimum absolute atomic E-state index is 0.398. The van der Waals surface area contributed by atoms with Gasteiger partial charge in [-0.3, -0.25) is 9.59 Å². The van der Waals surface area contributed by atoms with Crippen molar-refractivity contribution in [2.45, 2.75) is 19.9 Å². The molecule has 0 unspecified atom stereocenters. The van der Waals surface area contributed by atoms with Gasteiger partial charge >= 0.3 is 5.97 Å². The number of nitrogens with one attached hydrogen (secondary N) is 1. The van der Waals surface area contributed by atoms with Gasteiger partial charge in [0.2, 0.25) is 0 Å². The van der Waals surface area contributed by atoms with E-state index in [2.05, 4.69) is 21.2 Å². The standard InChI is InChI=1S/C11H12BrNO3/c1-6-4-3-5-8(9(6)12)10(14)13-7(2)11(15)16/h3-5,7H,1-2H3,(H,13,14)(H,15,16)/t7-/m1/s1. The number of aliphatic carboxylic acids is 1. The molecule has 0 saturated heterocycles. The average molecular weight is 286 g/mol. The minimum atomic E-state index is -1.06. The second kappa shape index (κ2) is 5.12. The minimum Gasteiger partial charge on any atom is -0.480 e. The fourth-order valence-corrected chi connectivity index (χ4v) is 1.60. The summed E-state index contributed by atoms with van der Waals surface area (Å²) in [5.74, 6) is -1.46. The highest BCUT2D eigenvalue weighted by atomic mass is 79.9. The topological polar surface area (TPSA) is 66.4 Å². The summed E-state index contributed by atoms with van der Waals surface area (Å²) in [7, 11) is 0. The van der Waals surface area contributed by atoms with Crippen molar-refractivity contribution in [3.05, 3.63) is 33.8 Å². The molecule has 16 heavy (non-hydrogen) atoms. The third-order valence-corrected chi connectivity index (χ3v) is 3.21. The van der Waals surface area contributed by atoms with E-state index in [1.165, 1.54) is 6.92 Å². The number of rotatable bonds is 3. The van der Waals surface area contributed by atoms with E-state index >= 15 is 0 Å². The molecule has 1 aromatic rings. The molecule has 0 spiro atoms. The predicted molar refractivity (Wildman–Crippen MR) is 63.4 cm³/mol. The summed E-state index contributed by atoms with van der Waals surface area (Å²) >= 11 is 3.30. The maximum absolute atomic E-state index is 11.7. The van der Waals surface area contributed by atoms with E-state index < -0.39 is 17.9 Å². The van der Waals surface area contributed by atoms with Gasteiger partial charge < -0.3 is 10.4 Å². The molecule has 5 heteroatoms. The van der Waals surface area contributed by atoms with Crippen LogP contribution in [0, 0.1) is 6.92 Å². The predicted octanol–water partition coefficient (Wildman–Crippen LogP) is 1.96. The first kappa shape index (κ1) is 12.7. The SMILES string of the molecule is Cc1cccc(C(=O)N[C@H](C)C(=O)O)c1Br. The molecule has 0 fully saturated rings. The van der Waals surface area contributed by atoms with Gasteiger partial charge in [0.05, 0.1) is 5.56 Å². The molecular weight excluding hydrogens is 274 g/mol. The van der Waals surface area contributed by atoms with Gasteiger partial charge in [-0.1, -0.05) is 12.1 Å². The van der Waals surface area contributed by atoms with E-state index in [0.29, 0.717) is 10.0 Å². The van der Waals surface area contributed by atoms with Gasteiger partial charge in [-0.25, -0.2) is 0 Å². The normalized spacial score (nSPS) is 11.9. The molecule has 0 bridgehead atoms. The van der Waals surface area contributed by atoms with Crippen LogP contribution < -0.4 is 5.32 Å². The molecular formula is C11H12BrNO3. The van der Waals surface area contributed by atoms with E-state index in [9.17, 15) is 9.59 Å². The summed E-state index contributed by atoms with van der Waals surface area (Å²) in [6.45, 7) is 3.28. The lowest BCUT2D eigenvalue weighted by Crippen LogP contribution is -2.38. The largest absolute Gasteiger partial charge is 0.480 e. The second-order valence-corrected chi connectivity index (χ2v) is 4.26. The Labute approximate surface area is 102 Å². The van der Waals surface area contributed by atoms with Gasteiger partial charge in [-0.05, 0) is 41.4 Å². The lowest BCUT2D eigenvalue weighted by Gasteiger charge is -2.11. The molecule has 0 aliphatic rings. The van der Waals surface area contributed by atoms with E-state index in [0.717, 1.165) is 5.56 Å². The number of benzene rings is 1. The third kappa shape index (κ3) is 2.82. The highest BCUT2D eigenvalue weighted by Crippen LogP contribution is 2.20. The number of carboxylic acids is 1. The van der Waals surface area contributed by atoms with Crippen LogP contribution in [0.1, 0.15) is 22.8 Å². The van der Waals surface area contributed by atoms with Crippen LogP contribution in [-0.4, -0.2) is 23.0 Å². The molecule has 1 atom stereocenters. The fourth-order valence-electron chi connectivity index (χ4n) is 1.16. The van der Waals surface area contributed by atoms with Crippen molar-refractivity contribution in [3.63, 3.8) is 0 Å². The number of amides is 1. The molecule has 2 N–H and O–H groups in total. The summed E-state index contributed by atoms with van der Waals surface area (Å²) in [4.78, 5) is 22.3. The summed E-state index contributed by atoms with van der Waals surface area (Å²) in [5.41, 5.74) is 1.36. The number of carboxylic acid groups (broad SMARTS) is 1. The maximum Gasteiger partial charge on any atom is 0.325 e. The van der Waals surface area contributed by atoms with Crippen LogP contribution >= 0.6 is 15.9 Å². The third-order valence-electron chi connectivity index (χ3n) is 2.15. The Morgan fingerprint density at radius 3 is 2.62 bits per heavy atom. The van der Waals surface area contributed by atoms with Crippen LogP contribution in [0.25, 0.3) is 0 Å². The Balaban J connectivity index is 2.89. The lowest BCUT2D eigenvalue weighted by molar-refractivity contribution is -0.138. The molecule has 86 valence electrons. The van der Waals surface area contributed by atoms with Crippen LogP contribution in [0.2, 0.25) is 0 Å². The Bertz CT molecular complexity index is 431. The lowest BCUT2D eigenvalue weighted by atomic mass is 10.1. The van der Waals surface area contributed by atoms with Crippen molar-refractivity contribution in [1.82, 2.24) is 5.32 Å². The summed E-state index contributed by atoms with van der Waals surface area (Å²) < 4.78 is 0.685. The smallest absolute Gasteiger partial charge is 0.325 e. The number of carbonyl (C=O) groups excluding carboxylic acids is 1. The second-order valence-electron chi connectivity index (χ2n) is 3.47. The van der Waals surface area contributed by atoms with Crippen molar-refractivity contribution in [2.75, 3.05) is 0 Å². The zero-order valence-corrected chi connectivity index (χ0v) is 10.5. The number of halogens is 1. The summed E-state index contributed by atoms with van der Waals surface area (Å²) in [6.07, 6.45) is 0. The van der Waals surface area contributed by atoms with Crippen molar-refractivity contribution in [1.29, 1.82) is 0 Å². The van der Waals surface area contributed by atoms with E-state index in [1.54, 1.807) is 12.1 Å². The molecule has 0 aliphatic heterocycles. The van der Waals surface area contributed by atoms with E-state index in [1.807, 2.05) is 13.0 Å². The van der Waals surface area contributed by atoms with Crippen LogP contribution in [0.4, 0.5) is 0 Å². The molecule has 4 nitrogen and oxygen atoms in total. The highest BCUT2D eigenvalue weighted by molar-refractivity contribution is 9.10. The Hall–Kier alpha value is -1.36. The molecule has 0 aromatic heterocycles. The summed E-state index contributed by atoms with van der Waals surface area (Å²) in [6, 6.07) is 4.35. The van der Waals surface area contributed by atoms with Gasteiger partial charge in [0.15, 0.2) is 0 Å². The van der Waals surface area contributed by atoms with Crippen molar-refractivity contribution in [3.8, 4) is 0 Å². The van der Waals surface area contributed by atoms with Crippen LogP contribution in [0.15, 0.2) is 22.7 Å². The number of carbonyl (C=O) groups is 2. The monoisotopic (exact) mass is 285 g/mol. The average Bonchev–Trinajstić information content (AvgIpc) is 2.21. The first-order valence-corrected chi connectivity index (χ1v) is 5.51. The van der Waals surface area contributed by atoms with Crippen molar-refractivity contribution >= 4 is 27.8 Å². The zero-order valence-electron chi connectivity index (χ0n) is 8.95. The number of hydrogen-bond acceptors (Lipinski definition) is 2. The van der Waals surface area contributed by atoms with Gasteiger partial charge in [0, 0.05) is 4.47 Å². The first-order valence-electron chi connectivity index (χ1n) is 4.72. The van der Waals surface area contributed by atoms with Crippen LogP contribution in [0.5, 0.6) is 0 Å². The van der Waals surface area contributed by atoms with Gasteiger partial charge in [-0.15, -0.1) is 0 Å². The molecule has 0 heterocycles. The molecule has 0 radical (unpaired) electrons. The zero-order chi connectivity index (χ0) is 12.3. The molecule has 0 aliphatic carbocycles. The maximum atomic E-state index is 11.7. The molecule has 1 aromatic carbocycles.